The molecule has 3 aromatic rings. The summed E-state index contributed by atoms with van der Waals surface area (Å²) in [4.78, 5) is 18.7. The zero-order valence-corrected chi connectivity index (χ0v) is 21.9. The van der Waals surface area contributed by atoms with Crippen molar-refractivity contribution in [2.75, 3.05) is 0 Å². The van der Waals surface area contributed by atoms with E-state index in [0.717, 1.165) is 59.4 Å². The van der Waals surface area contributed by atoms with Crippen molar-refractivity contribution >= 4 is 40.7 Å². The van der Waals surface area contributed by atoms with Gasteiger partial charge in [-0.1, -0.05) is 53.0 Å². The van der Waals surface area contributed by atoms with Gasteiger partial charge in [-0.25, -0.2) is 0 Å². The Morgan fingerprint density at radius 2 is 1.46 bits per heavy atom. The van der Waals surface area contributed by atoms with Crippen LogP contribution in [0.4, 0.5) is 0 Å². The number of hydrogen-bond donors (Lipinski definition) is 1. The van der Waals surface area contributed by atoms with E-state index in [9.17, 15) is 4.79 Å². The maximum atomic E-state index is 13.7. The van der Waals surface area contributed by atoms with Gasteiger partial charge in [-0.15, -0.1) is 0 Å². The average Bonchev–Trinajstić information content (AvgIpc) is 2.78. The second-order valence-corrected chi connectivity index (χ2v) is 12.1. The first-order valence-corrected chi connectivity index (χ1v) is 13.5. The number of benzene rings is 2. The molecule has 0 saturated heterocycles. The van der Waals surface area contributed by atoms with Crippen LogP contribution in [0.5, 0.6) is 0 Å². The number of rotatable bonds is 4. The molecule has 4 aliphatic carbocycles. The Balaban J connectivity index is 1.42. The van der Waals surface area contributed by atoms with Gasteiger partial charge in [0.2, 0.25) is 0 Å². The molecule has 4 bridgehead atoms. The SMILES string of the molecule is Cc1nc(-c2ccc(Cl)cc2)c(-c2ccc(Cl)cc2Cl)cc1C(=O)NC12CC3CC(CC(C3)C1)C2. The van der Waals surface area contributed by atoms with Crippen LogP contribution < -0.4 is 5.32 Å². The molecule has 0 atom stereocenters. The van der Waals surface area contributed by atoms with E-state index in [2.05, 4.69) is 5.32 Å². The molecule has 3 nitrogen and oxygen atoms in total. The lowest BCUT2D eigenvalue weighted by molar-refractivity contribution is -0.0167. The third-order valence-electron chi connectivity index (χ3n) is 8.21. The molecule has 180 valence electrons. The highest BCUT2D eigenvalue weighted by molar-refractivity contribution is 6.36. The standard InChI is InChI=1S/C29H27Cl3N2O/c1-16-24(28(35)34-29-13-17-8-18(14-29)10-19(9-17)15-29)12-25(23-7-6-22(31)11-26(23)32)27(33-16)20-2-4-21(30)5-3-20/h2-7,11-12,17-19H,8-10,13-15H2,1H3,(H,34,35). The monoisotopic (exact) mass is 524 g/mol. The van der Waals surface area contributed by atoms with E-state index in [-0.39, 0.29) is 11.4 Å². The summed E-state index contributed by atoms with van der Waals surface area (Å²) in [5.74, 6) is 2.25. The van der Waals surface area contributed by atoms with Crippen molar-refractivity contribution < 1.29 is 4.79 Å². The minimum atomic E-state index is -0.0643. The molecule has 6 heteroatoms. The molecule has 0 spiro atoms. The average molecular weight is 526 g/mol. The van der Waals surface area contributed by atoms with Gasteiger partial charge in [0.05, 0.1) is 17.0 Å². The first-order chi connectivity index (χ1) is 16.8. The largest absolute Gasteiger partial charge is 0.347 e. The molecule has 1 aromatic heterocycles. The molecule has 4 fully saturated rings. The highest BCUT2D eigenvalue weighted by Crippen LogP contribution is 2.55. The van der Waals surface area contributed by atoms with Crippen LogP contribution in [0.1, 0.15) is 54.6 Å². The number of aromatic nitrogens is 1. The Morgan fingerprint density at radius 3 is 2.06 bits per heavy atom. The normalized spacial score (nSPS) is 26.7. The molecule has 1 N–H and O–H groups in total. The smallest absolute Gasteiger partial charge is 0.253 e. The number of amides is 1. The van der Waals surface area contributed by atoms with Crippen LogP contribution in [0.3, 0.4) is 0 Å². The van der Waals surface area contributed by atoms with Gasteiger partial charge in [0.15, 0.2) is 0 Å². The molecule has 7 rings (SSSR count). The Labute approximate surface area is 221 Å². The van der Waals surface area contributed by atoms with Gasteiger partial charge in [0.25, 0.3) is 5.91 Å². The Morgan fingerprint density at radius 1 is 0.857 bits per heavy atom. The van der Waals surface area contributed by atoms with E-state index >= 15 is 0 Å². The van der Waals surface area contributed by atoms with Gasteiger partial charge >= 0.3 is 0 Å². The second-order valence-electron chi connectivity index (χ2n) is 10.8. The minimum Gasteiger partial charge on any atom is -0.347 e. The zero-order valence-electron chi connectivity index (χ0n) is 19.6. The highest BCUT2D eigenvalue weighted by atomic mass is 35.5. The maximum absolute atomic E-state index is 13.7. The van der Waals surface area contributed by atoms with E-state index in [1.807, 2.05) is 49.4 Å². The first-order valence-electron chi connectivity index (χ1n) is 12.3. The number of pyridine rings is 1. The van der Waals surface area contributed by atoms with E-state index in [0.29, 0.717) is 26.3 Å². The van der Waals surface area contributed by atoms with Gasteiger partial charge in [0, 0.05) is 37.3 Å². The van der Waals surface area contributed by atoms with Crippen LogP contribution in [0.25, 0.3) is 22.4 Å². The number of aryl methyl sites for hydroxylation is 1. The van der Waals surface area contributed by atoms with Crippen molar-refractivity contribution in [3.63, 3.8) is 0 Å². The fraction of sp³-hybridized carbons (Fsp3) is 0.379. The van der Waals surface area contributed by atoms with Gasteiger partial charge in [-0.05, 0) is 93.5 Å². The highest BCUT2D eigenvalue weighted by Gasteiger charge is 2.51. The Kier molecular flexibility index (Phi) is 5.86. The number of nitrogens with zero attached hydrogens (tertiary/aromatic N) is 1. The molecule has 0 radical (unpaired) electrons. The molecule has 0 aliphatic heterocycles. The quantitative estimate of drug-likeness (QED) is 0.372. The summed E-state index contributed by atoms with van der Waals surface area (Å²) in [6.07, 6.45) is 7.34. The summed E-state index contributed by atoms with van der Waals surface area (Å²) < 4.78 is 0. The molecule has 2 aromatic carbocycles. The van der Waals surface area contributed by atoms with E-state index in [1.54, 1.807) is 6.07 Å². The van der Waals surface area contributed by atoms with Crippen molar-refractivity contribution in [2.24, 2.45) is 17.8 Å². The lowest BCUT2D eigenvalue weighted by Gasteiger charge is -2.56. The molecular formula is C29H27Cl3N2O. The first kappa shape index (κ1) is 23.3. The Bertz CT molecular complexity index is 1280. The van der Waals surface area contributed by atoms with E-state index in [1.165, 1.54) is 19.3 Å². The topological polar surface area (TPSA) is 42.0 Å². The molecule has 4 saturated carbocycles. The van der Waals surface area contributed by atoms with Crippen molar-refractivity contribution in [3.05, 3.63) is 74.9 Å². The third-order valence-corrected chi connectivity index (χ3v) is 9.01. The molecular weight excluding hydrogens is 499 g/mol. The predicted molar refractivity (Wildman–Crippen MR) is 143 cm³/mol. The van der Waals surface area contributed by atoms with Crippen LogP contribution in [0.15, 0.2) is 48.5 Å². The third kappa shape index (κ3) is 4.37. The van der Waals surface area contributed by atoms with Gasteiger partial charge < -0.3 is 5.32 Å². The fourth-order valence-electron chi connectivity index (χ4n) is 7.15. The van der Waals surface area contributed by atoms with Crippen LogP contribution in [0.2, 0.25) is 15.1 Å². The summed E-state index contributed by atoms with van der Waals surface area (Å²) in [7, 11) is 0. The van der Waals surface area contributed by atoms with E-state index in [4.69, 9.17) is 39.8 Å². The van der Waals surface area contributed by atoms with E-state index < -0.39 is 0 Å². The van der Waals surface area contributed by atoms with Crippen molar-refractivity contribution in [1.29, 1.82) is 0 Å². The molecule has 1 amide bonds. The van der Waals surface area contributed by atoms with Crippen molar-refractivity contribution in [2.45, 2.75) is 51.0 Å². The molecule has 35 heavy (non-hydrogen) atoms. The zero-order chi connectivity index (χ0) is 24.3. The molecule has 1 heterocycles. The number of carbonyl (C=O) groups is 1. The summed E-state index contributed by atoms with van der Waals surface area (Å²) in [5, 5.41) is 5.24. The Hall–Kier alpha value is -2.07. The van der Waals surface area contributed by atoms with Crippen molar-refractivity contribution in [3.8, 4) is 22.4 Å². The number of hydrogen-bond acceptors (Lipinski definition) is 2. The van der Waals surface area contributed by atoms with Gasteiger partial charge in [-0.2, -0.15) is 0 Å². The number of nitrogens with one attached hydrogen (secondary N) is 1. The van der Waals surface area contributed by atoms with Crippen molar-refractivity contribution in [1.82, 2.24) is 10.3 Å². The van der Waals surface area contributed by atoms with Gasteiger partial charge in [-0.3, -0.25) is 9.78 Å². The fourth-order valence-corrected chi connectivity index (χ4v) is 7.78. The lowest BCUT2D eigenvalue weighted by Crippen LogP contribution is -2.59. The number of carbonyl (C=O) groups excluding carboxylic acids is 1. The van der Waals surface area contributed by atoms with Crippen LogP contribution in [0, 0.1) is 24.7 Å². The summed E-state index contributed by atoms with van der Waals surface area (Å²) in [5.41, 5.74) is 4.49. The summed E-state index contributed by atoms with van der Waals surface area (Å²) in [6.45, 7) is 1.90. The van der Waals surface area contributed by atoms with Crippen LogP contribution in [-0.4, -0.2) is 16.4 Å². The predicted octanol–water partition coefficient (Wildman–Crippen LogP) is 8.38. The maximum Gasteiger partial charge on any atom is 0.253 e. The second kappa shape index (κ2) is 8.80. The van der Waals surface area contributed by atoms with Gasteiger partial charge in [0.1, 0.15) is 0 Å². The number of halogens is 3. The van der Waals surface area contributed by atoms with Crippen LogP contribution >= 0.6 is 34.8 Å². The molecule has 0 unspecified atom stereocenters. The molecule has 4 aliphatic rings. The lowest BCUT2D eigenvalue weighted by atomic mass is 9.53. The minimum absolute atomic E-state index is 0.0362. The summed E-state index contributed by atoms with van der Waals surface area (Å²) in [6, 6.07) is 14.9. The van der Waals surface area contributed by atoms with Crippen LogP contribution in [-0.2, 0) is 0 Å². The summed E-state index contributed by atoms with van der Waals surface area (Å²) >= 11 is 18.9.